The number of urea groups is 1. The van der Waals surface area contributed by atoms with Crippen LogP contribution in [0.5, 0.6) is 5.75 Å². The standard InChI is InChI=1S/C32H30ClF3N6O2S/c1-5-16-45-31(39-28-18-24(33)10-15-27(28)20(2)3)40-30(43)38-21(4)17-22-6-8-23(9-7-22)29-37-19-42(41-29)25-11-13-26(14-12-25)44-32(34,35)36/h1,6-15,18-21H,16-17H2,2-4H3,(H2,38,39,40,43). The van der Waals surface area contributed by atoms with E-state index in [9.17, 15) is 18.0 Å². The van der Waals surface area contributed by atoms with Gasteiger partial charge in [0, 0.05) is 16.6 Å². The summed E-state index contributed by atoms with van der Waals surface area (Å²) < 4.78 is 42.6. The van der Waals surface area contributed by atoms with Crippen molar-refractivity contribution >= 4 is 40.2 Å². The van der Waals surface area contributed by atoms with Gasteiger partial charge in [0.1, 0.15) is 12.1 Å². The molecule has 0 bridgehead atoms. The zero-order valence-corrected chi connectivity index (χ0v) is 26.2. The Hall–Kier alpha value is -4.47. The number of thioether (sulfide) groups is 1. The summed E-state index contributed by atoms with van der Waals surface area (Å²) in [6.07, 6.45) is 2.72. The Morgan fingerprint density at radius 3 is 2.47 bits per heavy atom. The number of ether oxygens (including phenoxy) is 1. The number of carbonyl (C=O) groups is 1. The molecule has 4 aromatic rings. The van der Waals surface area contributed by atoms with E-state index in [1.807, 2.05) is 43.3 Å². The van der Waals surface area contributed by atoms with Crippen LogP contribution in [0.4, 0.5) is 23.7 Å². The van der Waals surface area contributed by atoms with Gasteiger partial charge in [0.2, 0.25) is 0 Å². The lowest BCUT2D eigenvalue weighted by molar-refractivity contribution is -0.274. The number of hydrogen-bond acceptors (Lipinski definition) is 6. The molecule has 13 heteroatoms. The molecule has 0 aliphatic rings. The molecular formula is C32H30ClF3N6O2S. The largest absolute Gasteiger partial charge is 0.573 e. The van der Waals surface area contributed by atoms with Gasteiger partial charge in [-0.25, -0.2) is 19.5 Å². The summed E-state index contributed by atoms with van der Waals surface area (Å²) in [7, 11) is 0. The first-order chi connectivity index (χ1) is 21.4. The molecule has 8 nitrogen and oxygen atoms in total. The Labute approximate surface area is 268 Å². The summed E-state index contributed by atoms with van der Waals surface area (Å²) >= 11 is 7.45. The number of amides is 2. The number of rotatable bonds is 9. The summed E-state index contributed by atoms with van der Waals surface area (Å²) in [5.74, 6) is 3.20. The molecule has 2 amide bonds. The number of benzene rings is 3. The summed E-state index contributed by atoms with van der Waals surface area (Å²) in [5.41, 5.74) is 3.91. The second-order valence-electron chi connectivity index (χ2n) is 10.2. The van der Waals surface area contributed by atoms with Gasteiger partial charge in [0.05, 0.1) is 17.1 Å². The fourth-order valence-corrected chi connectivity index (χ4v) is 5.00. The van der Waals surface area contributed by atoms with Crippen LogP contribution in [-0.2, 0) is 6.42 Å². The third kappa shape index (κ3) is 10.0. The smallest absolute Gasteiger partial charge is 0.406 e. The van der Waals surface area contributed by atoms with Crippen LogP contribution in [-0.4, -0.2) is 44.1 Å². The lowest BCUT2D eigenvalue weighted by Crippen LogP contribution is -2.43. The van der Waals surface area contributed by atoms with Crippen LogP contribution in [0.15, 0.2) is 78.0 Å². The van der Waals surface area contributed by atoms with E-state index in [0.29, 0.717) is 39.6 Å². The highest BCUT2D eigenvalue weighted by molar-refractivity contribution is 8.14. The molecule has 0 radical (unpaired) electrons. The predicted molar refractivity (Wildman–Crippen MR) is 172 cm³/mol. The molecule has 1 atom stereocenters. The zero-order valence-electron chi connectivity index (χ0n) is 24.6. The number of amidine groups is 1. The Kier molecular flexibility index (Phi) is 11.1. The number of carbonyl (C=O) groups excluding carboxylic acids is 1. The van der Waals surface area contributed by atoms with Crippen molar-refractivity contribution < 1.29 is 22.7 Å². The van der Waals surface area contributed by atoms with E-state index < -0.39 is 12.4 Å². The molecule has 0 spiro atoms. The third-order valence-electron chi connectivity index (χ3n) is 6.31. The topological polar surface area (TPSA) is 93.4 Å². The normalized spacial score (nSPS) is 12.5. The lowest BCUT2D eigenvalue weighted by atomic mass is 10.0. The van der Waals surface area contributed by atoms with Gasteiger partial charge in [0.15, 0.2) is 11.0 Å². The van der Waals surface area contributed by atoms with Crippen molar-refractivity contribution in [1.29, 1.82) is 0 Å². The van der Waals surface area contributed by atoms with Crippen LogP contribution < -0.4 is 15.4 Å². The summed E-state index contributed by atoms with van der Waals surface area (Å²) in [6, 6.07) is 17.7. The third-order valence-corrected chi connectivity index (χ3v) is 7.32. The first kappa shape index (κ1) is 33.4. The van der Waals surface area contributed by atoms with Crippen LogP contribution in [0.25, 0.3) is 17.1 Å². The monoisotopic (exact) mass is 654 g/mol. The molecule has 3 aromatic carbocycles. The minimum absolute atomic E-state index is 0.203. The van der Waals surface area contributed by atoms with Gasteiger partial charge in [-0.2, -0.15) is 0 Å². The number of terminal acetylenes is 1. The number of nitrogens with zero attached hydrogens (tertiary/aromatic N) is 4. The number of nitrogens with one attached hydrogen (secondary N) is 2. The van der Waals surface area contributed by atoms with Gasteiger partial charge in [-0.1, -0.05) is 73.5 Å². The van der Waals surface area contributed by atoms with Crippen molar-refractivity contribution in [2.45, 2.75) is 45.5 Å². The Balaban J connectivity index is 1.36. The van der Waals surface area contributed by atoms with Crippen molar-refractivity contribution in [2.24, 2.45) is 4.99 Å². The fourth-order valence-electron chi connectivity index (χ4n) is 4.29. The lowest BCUT2D eigenvalue weighted by Gasteiger charge is -2.16. The number of alkyl halides is 3. The van der Waals surface area contributed by atoms with Crippen LogP contribution in [0.1, 0.15) is 37.8 Å². The van der Waals surface area contributed by atoms with Crippen molar-refractivity contribution in [1.82, 2.24) is 25.4 Å². The molecule has 0 aliphatic carbocycles. The van der Waals surface area contributed by atoms with Crippen molar-refractivity contribution in [3.8, 4) is 35.2 Å². The van der Waals surface area contributed by atoms with Crippen molar-refractivity contribution in [3.05, 3.63) is 89.2 Å². The molecule has 1 unspecified atom stereocenters. The number of aliphatic imine (C=N–C) groups is 1. The molecule has 0 saturated heterocycles. The van der Waals surface area contributed by atoms with Gasteiger partial charge in [-0.05, 0) is 66.8 Å². The van der Waals surface area contributed by atoms with Gasteiger partial charge in [-0.3, -0.25) is 5.32 Å². The Morgan fingerprint density at radius 1 is 1.11 bits per heavy atom. The molecule has 234 valence electrons. The van der Waals surface area contributed by atoms with E-state index in [-0.39, 0.29) is 17.7 Å². The van der Waals surface area contributed by atoms with Crippen molar-refractivity contribution in [3.63, 3.8) is 0 Å². The molecule has 2 N–H and O–H groups in total. The number of aromatic nitrogens is 3. The second-order valence-corrected chi connectivity index (χ2v) is 11.6. The highest BCUT2D eigenvalue weighted by Crippen LogP contribution is 2.30. The van der Waals surface area contributed by atoms with Crippen LogP contribution >= 0.6 is 23.4 Å². The maximum Gasteiger partial charge on any atom is 0.573 e. The molecule has 45 heavy (non-hydrogen) atoms. The highest BCUT2D eigenvalue weighted by Gasteiger charge is 2.31. The molecule has 1 aromatic heterocycles. The van der Waals surface area contributed by atoms with Crippen LogP contribution in [0.2, 0.25) is 5.02 Å². The Morgan fingerprint density at radius 2 is 1.82 bits per heavy atom. The quantitative estimate of drug-likeness (QED) is 0.109. The van der Waals surface area contributed by atoms with E-state index in [4.69, 9.17) is 18.0 Å². The van der Waals surface area contributed by atoms with Gasteiger partial charge in [-0.15, -0.1) is 24.7 Å². The number of hydrogen-bond donors (Lipinski definition) is 2. The SMILES string of the molecule is C#CCSC(=Nc1cc(Cl)ccc1C(C)C)NC(=O)NC(C)Cc1ccc(-c2ncn(-c3ccc(OC(F)(F)F)cc3)n2)cc1. The summed E-state index contributed by atoms with van der Waals surface area (Å²) in [6.45, 7) is 5.99. The molecule has 4 rings (SSSR count). The molecule has 0 aliphatic heterocycles. The van der Waals surface area contributed by atoms with Gasteiger partial charge < -0.3 is 10.1 Å². The summed E-state index contributed by atoms with van der Waals surface area (Å²) in [5, 5.41) is 11.1. The second kappa shape index (κ2) is 15.0. The highest BCUT2D eigenvalue weighted by atomic mass is 35.5. The van der Waals surface area contributed by atoms with Gasteiger partial charge >= 0.3 is 12.4 Å². The molecular weight excluding hydrogens is 625 g/mol. The molecule has 1 heterocycles. The van der Waals surface area contributed by atoms with Gasteiger partial charge in [0.25, 0.3) is 0 Å². The van der Waals surface area contributed by atoms with E-state index in [2.05, 4.69) is 50.2 Å². The van der Waals surface area contributed by atoms with Crippen LogP contribution in [0, 0.1) is 12.3 Å². The predicted octanol–water partition coefficient (Wildman–Crippen LogP) is 7.89. The number of halogens is 4. The summed E-state index contributed by atoms with van der Waals surface area (Å²) in [4.78, 5) is 21.8. The first-order valence-corrected chi connectivity index (χ1v) is 15.2. The average Bonchev–Trinajstić information content (AvgIpc) is 3.46. The minimum atomic E-state index is -4.76. The maximum atomic E-state index is 12.9. The van der Waals surface area contributed by atoms with E-state index in [1.165, 1.54) is 47.0 Å². The Bertz CT molecular complexity index is 1680. The zero-order chi connectivity index (χ0) is 32.6. The first-order valence-electron chi connectivity index (χ1n) is 13.8. The van der Waals surface area contributed by atoms with E-state index in [1.54, 1.807) is 6.07 Å². The molecule has 0 fully saturated rings. The maximum absolute atomic E-state index is 12.9. The molecule has 0 saturated carbocycles. The minimum Gasteiger partial charge on any atom is -0.406 e. The van der Waals surface area contributed by atoms with Crippen molar-refractivity contribution in [2.75, 3.05) is 5.75 Å². The average molecular weight is 655 g/mol. The van der Waals surface area contributed by atoms with Crippen LogP contribution in [0.3, 0.4) is 0 Å². The van der Waals surface area contributed by atoms with E-state index in [0.717, 1.165) is 16.7 Å². The fraction of sp³-hybridized carbons (Fsp3) is 0.250. The van der Waals surface area contributed by atoms with E-state index >= 15 is 0 Å².